The Labute approximate surface area is 164 Å². The van der Waals surface area contributed by atoms with Gasteiger partial charge in [-0.3, -0.25) is 0 Å². The van der Waals surface area contributed by atoms with Gasteiger partial charge in [0, 0.05) is 24.8 Å². The van der Waals surface area contributed by atoms with E-state index in [1.54, 1.807) is 0 Å². The number of aromatic amines is 1. The van der Waals surface area contributed by atoms with Gasteiger partial charge in [-0.15, -0.1) is 0 Å². The number of H-pyrrole nitrogens is 1. The third-order valence-electron chi connectivity index (χ3n) is 5.13. The number of rotatable bonds is 7. The number of hydrogen-bond donors (Lipinski definition) is 3. The zero-order chi connectivity index (χ0) is 19.5. The molecule has 0 unspecified atom stereocenters. The van der Waals surface area contributed by atoms with E-state index >= 15 is 0 Å². The summed E-state index contributed by atoms with van der Waals surface area (Å²) >= 11 is 0. The lowest BCUT2D eigenvalue weighted by Gasteiger charge is -2.10. The molecule has 0 bridgehead atoms. The van der Waals surface area contributed by atoms with E-state index < -0.39 is 0 Å². The van der Waals surface area contributed by atoms with Crippen molar-refractivity contribution in [2.24, 2.45) is 5.73 Å². The van der Waals surface area contributed by atoms with Gasteiger partial charge < -0.3 is 16.0 Å². The summed E-state index contributed by atoms with van der Waals surface area (Å²) in [5.74, 6) is 2.69. The fourth-order valence-corrected chi connectivity index (χ4v) is 3.45. The molecule has 0 atom stereocenters. The third-order valence-corrected chi connectivity index (χ3v) is 5.13. The maximum absolute atomic E-state index is 5.68. The third kappa shape index (κ3) is 3.68. The van der Waals surface area contributed by atoms with Gasteiger partial charge in [0.2, 0.25) is 0 Å². The summed E-state index contributed by atoms with van der Waals surface area (Å²) in [5, 5.41) is 4.52. The lowest BCUT2D eigenvalue weighted by atomic mass is 10.1. The van der Waals surface area contributed by atoms with E-state index in [4.69, 9.17) is 10.7 Å². The predicted molar refractivity (Wildman–Crippen MR) is 115 cm³/mol. The molecule has 6 nitrogen and oxygen atoms in total. The van der Waals surface area contributed by atoms with E-state index in [1.165, 1.54) is 11.1 Å². The van der Waals surface area contributed by atoms with Crippen molar-refractivity contribution in [3.63, 3.8) is 0 Å². The average molecular weight is 374 g/mol. The van der Waals surface area contributed by atoms with Crippen LogP contribution >= 0.6 is 0 Å². The van der Waals surface area contributed by atoms with Gasteiger partial charge in [-0.2, -0.15) is 0 Å². The number of fused-ring (bicyclic) bond motifs is 2. The van der Waals surface area contributed by atoms with Crippen LogP contribution in [-0.2, 0) is 12.8 Å². The summed E-state index contributed by atoms with van der Waals surface area (Å²) in [6.45, 7) is 5.61. The molecule has 0 fully saturated rings. The molecule has 2 aromatic heterocycles. The zero-order valence-electron chi connectivity index (χ0n) is 16.4. The molecule has 0 amide bonds. The average Bonchev–Trinajstić information content (AvgIpc) is 3.12. The Balaban J connectivity index is 1.45. The van der Waals surface area contributed by atoms with Gasteiger partial charge in [-0.25, -0.2) is 15.0 Å². The van der Waals surface area contributed by atoms with Crippen molar-refractivity contribution in [1.29, 1.82) is 0 Å². The van der Waals surface area contributed by atoms with Crippen molar-refractivity contribution >= 4 is 27.8 Å². The highest BCUT2D eigenvalue weighted by Gasteiger charge is 2.09. The SMILES string of the molecule is Cc1ccc2[nH]c(CCCNc3nc(CCN)nc4ccccc34)nc2c1C. The number of aromatic nitrogens is 4. The van der Waals surface area contributed by atoms with Crippen LogP contribution in [0, 0.1) is 13.8 Å². The Morgan fingerprint density at radius 1 is 1.00 bits per heavy atom. The van der Waals surface area contributed by atoms with Crippen LogP contribution in [0.15, 0.2) is 36.4 Å². The molecule has 0 aliphatic carbocycles. The van der Waals surface area contributed by atoms with Crippen LogP contribution in [0.4, 0.5) is 5.82 Å². The highest BCUT2D eigenvalue weighted by atomic mass is 15.0. The second kappa shape index (κ2) is 7.94. The molecule has 0 radical (unpaired) electrons. The molecule has 28 heavy (non-hydrogen) atoms. The Morgan fingerprint density at radius 3 is 2.71 bits per heavy atom. The van der Waals surface area contributed by atoms with Crippen molar-refractivity contribution in [3.05, 3.63) is 59.2 Å². The first-order valence-corrected chi connectivity index (χ1v) is 9.80. The highest BCUT2D eigenvalue weighted by molar-refractivity contribution is 5.89. The quantitative estimate of drug-likeness (QED) is 0.429. The molecule has 0 aliphatic heterocycles. The molecule has 0 saturated heterocycles. The molecule has 144 valence electrons. The molecular weight excluding hydrogens is 348 g/mol. The fourth-order valence-electron chi connectivity index (χ4n) is 3.45. The second-order valence-corrected chi connectivity index (χ2v) is 7.16. The number of aryl methyl sites for hydroxylation is 3. The molecule has 0 aliphatic rings. The Bertz CT molecular complexity index is 1110. The number of nitrogens with two attached hydrogens (primary N) is 1. The minimum Gasteiger partial charge on any atom is -0.369 e. The first kappa shape index (κ1) is 18.4. The zero-order valence-corrected chi connectivity index (χ0v) is 16.4. The number of anilines is 1. The van der Waals surface area contributed by atoms with Crippen molar-refractivity contribution < 1.29 is 0 Å². The number of benzene rings is 2. The van der Waals surface area contributed by atoms with Gasteiger partial charge in [0.15, 0.2) is 0 Å². The fraction of sp³-hybridized carbons (Fsp3) is 0.318. The van der Waals surface area contributed by atoms with Crippen molar-refractivity contribution in [2.45, 2.75) is 33.1 Å². The smallest absolute Gasteiger partial charge is 0.137 e. The van der Waals surface area contributed by atoms with Gasteiger partial charge in [0.05, 0.1) is 16.6 Å². The van der Waals surface area contributed by atoms with Crippen LogP contribution in [0.1, 0.15) is 29.2 Å². The molecule has 4 rings (SSSR count). The van der Waals surface area contributed by atoms with Gasteiger partial charge in [0.1, 0.15) is 17.5 Å². The minimum atomic E-state index is 0.544. The number of hydrogen-bond acceptors (Lipinski definition) is 5. The summed E-state index contributed by atoms with van der Waals surface area (Å²) in [7, 11) is 0. The van der Waals surface area contributed by atoms with Crippen molar-refractivity contribution in [1.82, 2.24) is 19.9 Å². The van der Waals surface area contributed by atoms with Gasteiger partial charge in [-0.1, -0.05) is 18.2 Å². The molecule has 4 aromatic rings. The van der Waals surface area contributed by atoms with Crippen molar-refractivity contribution in [2.75, 3.05) is 18.4 Å². The second-order valence-electron chi connectivity index (χ2n) is 7.16. The number of nitrogens with one attached hydrogen (secondary N) is 2. The summed E-state index contributed by atoms with van der Waals surface area (Å²) < 4.78 is 0. The highest BCUT2D eigenvalue weighted by Crippen LogP contribution is 2.21. The maximum atomic E-state index is 5.68. The Kier molecular flexibility index (Phi) is 5.21. The first-order chi connectivity index (χ1) is 13.7. The van der Waals surface area contributed by atoms with Crippen LogP contribution < -0.4 is 11.1 Å². The summed E-state index contributed by atoms with van der Waals surface area (Å²) in [5.41, 5.74) is 11.3. The molecule has 2 aromatic carbocycles. The monoisotopic (exact) mass is 374 g/mol. The van der Waals surface area contributed by atoms with E-state index in [1.807, 2.05) is 24.3 Å². The number of para-hydroxylation sites is 1. The van der Waals surface area contributed by atoms with Crippen LogP contribution in [0.25, 0.3) is 21.9 Å². The maximum Gasteiger partial charge on any atom is 0.137 e. The molecule has 0 saturated carbocycles. The minimum absolute atomic E-state index is 0.544. The van der Waals surface area contributed by atoms with Crippen LogP contribution in [0.3, 0.4) is 0 Å². The van der Waals surface area contributed by atoms with E-state index in [9.17, 15) is 0 Å². The summed E-state index contributed by atoms with van der Waals surface area (Å²) in [6, 6.07) is 12.3. The molecule has 0 spiro atoms. The largest absolute Gasteiger partial charge is 0.369 e. The van der Waals surface area contributed by atoms with Crippen LogP contribution in [0.2, 0.25) is 0 Å². The van der Waals surface area contributed by atoms with Gasteiger partial charge in [0.25, 0.3) is 0 Å². The topological polar surface area (TPSA) is 92.5 Å². The lowest BCUT2D eigenvalue weighted by Crippen LogP contribution is -2.11. The van der Waals surface area contributed by atoms with Gasteiger partial charge >= 0.3 is 0 Å². The van der Waals surface area contributed by atoms with E-state index in [-0.39, 0.29) is 0 Å². The van der Waals surface area contributed by atoms with Crippen LogP contribution in [-0.4, -0.2) is 33.0 Å². The summed E-state index contributed by atoms with van der Waals surface area (Å²) in [6.07, 6.45) is 2.53. The standard InChI is InChI=1S/C22H26N6/c1-14-9-10-18-21(15(14)2)27-19(26-18)8-5-13-24-22-16-6-3-4-7-17(16)25-20(28-22)11-12-23/h3-4,6-7,9-10H,5,8,11-13,23H2,1-2H3,(H,26,27)(H,24,25,28). The normalized spacial score (nSPS) is 11.4. The molecule has 4 N–H and O–H groups in total. The molecular formula is C22H26N6. The molecule has 6 heteroatoms. The predicted octanol–water partition coefficient (Wildman–Crippen LogP) is 3.67. The molecule has 2 heterocycles. The summed E-state index contributed by atoms with van der Waals surface area (Å²) in [4.78, 5) is 17.5. The first-order valence-electron chi connectivity index (χ1n) is 9.80. The van der Waals surface area contributed by atoms with E-state index in [0.717, 1.165) is 58.8 Å². The van der Waals surface area contributed by atoms with Gasteiger partial charge in [-0.05, 0) is 56.1 Å². The van der Waals surface area contributed by atoms with E-state index in [0.29, 0.717) is 13.0 Å². The van der Waals surface area contributed by atoms with E-state index in [2.05, 4.69) is 46.2 Å². The number of imidazole rings is 1. The Morgan fingerprint density at radius 2 is 1.86 bits per heavy atom. The Hall–Kier alpha value is -2.99. The lowest BCUT2D eigenvalue weighted by molar-refractivity contribution is 0.813. The van der Waals surface area contributed by atoms with Crippen molar-refractivity contribution in [3.8, 4) is 0 Å². The van der Waals surface area contributed by atoms with Crippen LogP contribution in [0.5, 0.6) is 0 Å². The number of nitrogens with zero attached hydrogens (tertiary/aromatic N) is 3.